The van der Waals surface area contributed by atoms with Crippen LogP contribution in [0.1, 0.15) is 6.42 Å². The molecule has 1 aromatic carbocycles. The standard InChI is InChI=1S/C15H15NO5/c17-9-4-2-1-3-8(9)16-14(20)10-6-5-7(11(10)15(16)21)13(19)12(6)18/h1-4,6-7,10-13,17-19H,5H2/t6-,7-,10-,11-,12-,13+/m1/s1. The molecular weight excluding hydrogens is 274 g/mol. The average molecular weight is 289 g/mol. The van der Waals surface area contributed by atoms with Crippen molar-refractivity contribution >= 4 is 17.5 Å². The summed E-state index contributed by atoms with van der Waals surface area (Å²) in [7, 11) is 0. The first-order valence-corrected chi connectivity index (χ1v) is 7.04. The number of para-hydroxylation sites is 2. The average Bonchev–Trinajstić information content (AvgIpc) is 3.06. The van der Waals surface area contributed by atoms with Crippen molar-refractivity contribution in [1.29, 1.82) is 0 Å². The number of phenols is 1. The molecule has 2 amide bonds. The van der Waals surface area contributed by atoms with Crippen molar-refractivity contribution in [3.8, 4) is 5.75 Å². The van der Waals surface area contributed by atoms with Crippen LogP contribution >= 0.6 is 0 Å². The lowest BCUT2D eigenvalue weighted by atomic mass is 9.78. The molecule has 3 fully saturated rings. The molecule has 0 unspecified atom stereocenters. The molecule has 1 aromatic rings. The summed E-state index contributed by atoms with van der Waals surface area (Å²) in [5.74, 6) is -2.81. The molecule has 2 bridgehead atoms. The third-order valence-electron chi connectivity index (χ3n) is 5.21. The number of aliphatic hydroxyl groups excluding tert-OH is 2. The topological polar surface area (TPSA) is 98.1 Å². The van der Waals surface area contributed by atoms with Crippen molar-refractivity contribution in [2.24, 2.45) is 23.7 Å². The molecule has 2 aliphatic carbocycles. The molecule has 6 heteroatoms. The summed E-state index contributed by atoms with van der Waals surface area (Å²) in [5, 5.41) is 29.8. The minimum Gasteiger partial charge on any atom is -0.506 e. The Labute approximate surface area is 120 Å². The molecule has 1 aliphatic heterocycles. The van der Waals surface area contributed by atoms with E-state index in [9.17, 15) is 24.9 Å². The summed E-state index contributed by atoms with van der Waals surface area (Å²) >= 11 is 0. The highest BCUT2D eigenvalue weighted by Crippen LogP contribution is 2.57. The molecule has 110 valence electrons. The number of rotatable bonds is 1. The van der Waals surface area contributed by atoms with Crippen LogP contribution in [0.2, 0.25) is 0 Å². The maximum atomic E-state index is 12.6. The van der Waals surface area contributed by atoms with Crippen LogP contribution in [0.25, 0.3) is 0 Å². The second-order valence-electron chi connectivity index (χ2n) is 6.10. The van der Waals surface area contributed by atoms with Gasteiger partial charge in [-0.3, -0.25) is 9.59 Å². The molecule has 0 aromatic heterocycles. The fourth-order valence-electron chi connectivity index (χ4n) is 4.32. The molecule has 0 radical (unpaired) electrons. The minimum absolute atomic E-state index is 0.132. The SMILES string of the molecule is O=C1[C@@H]2[C@H]3C[C@@H]([C@@H](O)[C@H]3O)[C@H]2C(=O)N1c1ccccc1O. The van der Waals surface area contributed by atoms with E-state index in [1.54, 1.807) is 12.1 Å². The van der Waals surface area contributed by atoms with Gasteiger partial charge in [0.2, 0.25) is 11.8 Å². The molecule has 4 rings (SSSR count). The number of hydrogen-bond donors (Lipinski definition) is 3. The molecule has 1 heterocycles. The molecular formula is C15H15NO5. The molecule has 2 saturated carbocycles. The Morgan fingerprint density at radius 1 is 0.952 bits per heavy atom. The monoisotopic (exact) mass is 289 g/mol. The third-order valence-corrected chi connectivity index (χ3v) is 5.21. The molecule has 3 N–H and O–H groups in total. The fraction of sp³-hybridized carbons (Fsp3) is 0.467. The van der Waals surface area contributed by atoms with Gasteiger partial charge in [-0.2, -0.15) is 0 Å². The number of carbonyl (C=O) groups excluding carboxylic acids is 2. The Kier molecular flexibility index (Phi) is 2.47. The minimum atomic E-state index is -0.947. The van der Waals surface area contributed by atoms with E-state index in [2.05, 4.69) is 0 Å². The number of phenolic OH excluding ortho intramolecular Hbond substituents is 1. The fourth-order valence-corrected chi connectivity index (χ4v) is 4.32. The van der Waals surface area contributed by atoms with Crippen molar-refractivity contribution in [3.63, 3.8) is 0 Å². The van der Waals surface area contributed by atoms with Crippen molar-refractivity contribution < 1.29 is 24.9 Å². The van der Waals surface area contributed by atoms with E-state index < -0.39 is 24.0 Å². The van der Waals surface area contributed by atoms with Gasteiger partial charge in [-0.1, -0.05) is 12.1 Å². The van der Waals surface area contributed by atoms with Crippen LogP contribution in [-0.2, 0) is 9.59 Å². The largest absolute Gasteiger partial charge is 0.506 e. The van der Waals surface area contributed by atoms with E-state index in [0.717, 1.165) is 4.90 Å². The first kappa shape index (κ1) is 12.8. The summed E-state index contributed by atoms with van der Waals surface area (Å²) in [6.45, 7) is 0. The summed E-state index contributed by atoms with van der Waals surface area (Å²) in [4.78, 5) is 26.2. The highest BCUT2D eigenvalue weighted by molar-refractivity contribution is 6.23. The molecule has 21 heavy (non-hydrogen) atoms. The van der Waals surface area contributed by atoms with Crippen molar-refractivity contribution in [2.75, 3.05) is 4.90 Å². The lowest BCUT2D eigenvalue weighted by Crippen LogP contribution is -2.43. The highest BCUT2D eigenvalue weighted by Gasteiger charge is 2.67. The van der Waals surface area contributed by atoms with Gasteiger partial charge in [0.05, 0.1) is 29.7 Å². The summed E-state index contributed by atoms with van der Waals surface area (Å²) in [6, 6.07) is 6.19. The van der Waals surface area contributed by atoms with Crippen molar-refractivity contribution in [3.05, 3.63) is 24.3 Å². The summed E-state index contributed by atoms with van der Waals surface area (Å²) < 4.78 is 0. The zero-order valence-electron chi connectivity index (χ0n) is 11.1. The maximum absolute atomic E-state index is 12.6. The van der Waals surface area contributed by atoms with E-state index in [0.29, 0.717) is 6.42 Å². The normalized spacial score (nSPS) is 41.0. The molecule has 3 aliphatic rings. The van der Waals surface area contributed by atoms with Gasteiger partial charge in [-0.05, 0) is 18.6 Å². The Morgan fingerprint density at radius 2 is 1.48 bits per heavy atom. The number of nitrogens with zero attached hydrogens (tertiary/aromatic N) is 1. The predicted molar refractivity (Wildman–Crippen MR) is 71.2 cm³/mol. The van der Waals surface area contributed by atoms with Gasteiger partial charge in [0, 0.05) is 11.8 Å². The molecule has 0 spiro atoms. The molecule has 6 atom stereocenters. The number of aliphatic hydroxyl groups is 2. The number of benzene rings is 1. The molecule has 1 saturated heterocycles. The number of imide groups is 1. The Morgan fingerprint density at radius 3 is 2.00 bits per heavy atom. The number of aromatic hydroxyl groups is 1. The van der Waals surface area contributed by atoms with Gasteiger partial charge >= 0.3 is 0 Å². The number of amides is 2. The first-order valence-electron chi connectivity index (χ1n) is 7.04. The van der Waals surface area contributed by atoms with Crippen molar-refractivity contribution in [1.82, 2.24) is 0 Å². The number of anilines is 1. The predicted octanol–water partition coefficient (Wildman–Crippen LogP) is -0.131. The zero-order valence-corrected chi connectivity index (χ0v) is 11.1. The van der Waals surface area contributed by atoms with E-state index in [1.807, 2.05) is 0 Å². The smallest absolute Gasteiger partial charge is 0.238 e. The van der Waals surface area contributed by atoms with E-state index >= 15 is 0 Å². The van der Waals surface area contributed by atoms with Crippen LogP contribution in [0, 0.1) is 23.7 Å². The van der Waals surface area contributed by atoms with Crippen LogP contribution in [0.15, 0.2) is 24.3 Å². The van der Waals surface area contributed by atoms with Gasteiger partial charge < -0.3 is 15.3 Å². The lowest BCUT2D eigenvalue weighted by Gasteiger charge is -2.29. The van der Waals surface area contributed by atoms with E-state index in [4.69, 9.17) is 0 Å². The Bertz CT molecular complexity index is 613. The second kappa shape index (κ2) is 4.05. The van der Waals surface area contributed by atoms with Gasteiger partial charge in [-0.25, -0.2) is 4.90 Å². The quantitative estimate of drug-likeness (QED) is 0.626. The third kappa shape index (κ3) is 1.43. The van der Waals surface area contributed by atoms with Crippen molar-refractivity contribution in [2.45, 2.75) is 18.6 Å². The molecule has 6 nitrogen and oxygen atoms in total. The Hall–Kier alpha value is -1.92. The van der Waals surface area contributed by atoms with Crippen LogP contribution in [0.5, 0.6) is 5.75 Å². The number of fused-ring (bicyclic) bond motifs is 5. The number of hydrogen-bond acceptors (Lipinski definition) is 5. The number of carbonyl (C=O) groups is 2. The van der Waals surface area contributed by atoms with Gasteiger partial charge in [0.15, 0.2) is 0 Å². The van der Waals surface area contributed by atoms with Crippen LogP contribution in [0.3, 0.4) is 0 Å². The Balaban J connectivity index is 1.77. The van der Waals surface area contributed by atoms with Gasteiger partial charge in [0.1, 0.15) is 5.75 Å². The highest BCUT2D eigenvalue weighted by atomic mass is 16.3. The zero-order chi connectivity index (χ0) is 14.9. The van der Waals surface area contributed by atoms with Crippen LogP contribution < -0.4 is 4.90 Å². The van der Waals surface area contributed by atoms with Gasteiger partial charge in [0.25, 0.3) is 0 Å². The maximum Gasteiger partial charge on any atom is 0.238 e. The van der Waals surface area contributed by atoms with E-state index in [-0.39, 0.29) is 35.1 Å². The first-order chi connectivity index (χ1) is 10.0. The second-order valence-corrected chi connectivity index (χ2v) is 6.10. The van der Waals surface area contributed by atoms with Gasteiger partial charge in [-0.15, -0.1) is 0 Å². The lowest BCUT2D eigenvalue weighted by molar-refractivity contribution is -0.129. The summed E-state index contributed by atoms with van der Waals surface area (Å²) in [6.07, 6.45) is -1.39. The van der Waals surface area contributed by atoms with Crippen LogP contribution in [-0.4, -0.2) is 39.3 Å². The van der Waals surface area contributed by atoms with Crippen LogP contribution in [0.4, 0.5) is 5.69 Å². The van der Waals surface area contributed by atoms with E-state index in [1.165, 1.54) is 12.1 Å². The summed E-state index contributed by atoms with van der Waals surface area (Å²) in [5.41, 5.74) is 0.172.